The third-order valence-electron chi connectivity index (χ3n) is 4.67. The molecule has 0 amide bonds. The summed E-state index contributed by atoms with van der Waals surface area (Å²) < 4.78 is 5.51. The van der Waals surface area contributed by atoms with Gasteiger partial charge in [0.15, 0.2) is 0 Å². The summed E-state index contributed by atoms with van der Waals surface area (Å²) in [5, 5.41) is 3.89. The van der Waals surface area contributed by atoms with Crippen molar-refractivity contribution in [3.63, 3.8) is 0 Å². The molecule has 1 saturated carbocycles. The van der Waals surface area contributed by atoms with E-state index in [1.165, 1.54) is 32.1 Å². The van der Waals surface area contributed by atoms with Gasteiger partial charge in [-0.05, 0) is 12.8 Å². The van der Waals surface area contributed by atoms with Gasteiger partial charge in [0.05, 0.1) is 25.6 Å². The number of morpholine rings is 1. The van der Waals surface area contributed by atoms with Gasteiger partial charge in [-0.15, -0.1) is 0 Å². The van der Waals surface area contributed by atoms with Crippen molar-refractivity contribution < 1.29 is 4.74 Å². The lowest BCUT2D eigenvalue weighted by atomic mass is 9.79. The van der Waals surface area contributed by atoms with Gasteiger partial charge < -0.3 is 10.1 Å². The zero-order chi connectivity index (χ0) is 14.5. The Morgan fingerprint density at radius 3 is 2.67 bits per heavy atom. The van der Waals surface area contributed by atoms with Crippen LogP contribution in [-0.4, -0.2) is 53.3 Å². The van der Waals surface area contributed by atoms with Crippen molar-refractivity contribution in [2.75, 3.05) is 38.2 Å². The van der Waals surface area contributed by atoms with Crippen LogP contribution in [0.5, 0.6) is 0 Å². The number of nitrogens with one attached hydrogen (secondary N) is 1. The van der Waals surface area contributed by atoms with Gasteiger partial charge in [0.1, 0.15) is 11.0 Å². The van der Waals surface area contributed by atoms with Crippen LogP contribution in [0.4, 0.5) is 5.82 Å². The molecule has 5 nitrogen and oxygen atoms in total. The van der Waals surface area contributed by atoms with Crippen LogP contribution in [0, 0.1) is 0 Å². The van der Waals surface area contributed by atoms with E-state index in [0.717, 1.165) is 38.7 Å². The SMILES string of the molecule is Clc1cncc(NCC2(N3CCOCC3)CCCCC2)n1. The van der Waals surface area contributed by atoms with E-state index in [9.17, 15) is 0 Å². The molecule has 1 N–H and O–H groups in total. The standard InChI is InChI=1S/C15H23ClN4O/c16-13-10-17-11-14(19-13)18-12-15(4-2-1-3-5-15)20-6-8-21-9-7-20/h10-11H,1-9,12H2,(H,18,19). The van der Waals surface area contributed by atoms with Gasteiger partial charge in [-0.2, -0.15) is 0 Å². The molecule has 1 saturated heterocycles. The van der Waals surface area contributed by atoms with Gasteiger partial charge in [-0.3, -0.25) is 9.88 Å². The molecule has 1 aromatic rings. The Bertz CT molecular complexity index is 459. The number of hydrogen-bond donors (Lipinski definition) is 1. The molecule has 0 bridgehead atoms. The molecule has 0 spiro atoms. The fourth-order valence-corrected chi connectivity index (χ4v) is 3.68. The lowest BCUT2D eigenvalue weighted by molar-refractivity contribution is -0.0318. The van der Waals surface area contributed by atoms with Crippen LogP contribution in [0.15, 0.2) is 12.4 Å². The van der Waals surface area contributed by atoms with Gasteiger partial charge in [-0.25, -0.2) is 4.98 Å². The maximum atomic E-state index is 5.91. The predicted octanol–water partition coefficient (Wildman–Crippen LogP) is 2.58. The van der Waals surface area contributed by atoms with Gasteiger partial charge in [0, 0.05) is 25.2 Å². The van der Waals surface area contributed by atoms with Crippen LogP contribution >= 0.6 is 11.6 Å². The van der Waals surface area contributed by atoms with Gasteiger partial charge in [0.25, 0.3) is 0 Å². The maximum absolute atomic E-state index is 5.91. The van der Waals surface area contributed by atoms with E-state index in [0.29, 0.717) is 5.15 Å². The molecular weight excluding hydrogens is 288 g/mol. The highest BCUT2D eigenvalue weighted by Gasteiger charge is 2.38. The largest absolute Gasteiger partial charge is 0.379 e. The fourth-order valence-electron chi connectivity index (χ4n) is 3.53. The van der Waals surface area contributed by atoms with Crippen molar-refractivity contribution in [2.24, 2.45) is 0 Å². The number of aromatic nitrogens is 2. The molecule has 2 heterocycles. The molecule has 0 radical (unpaired) electrons. The molecule has 6 heteroatoms. The Morgan fingerprint density at radius 2 is 1.95 bits per heavy atom. The van der Waals surface area contributed by atoms with Crippen LogP contribution in [0.3, 0.4) is 0 Å². The molecule has 0 atom stereocenters. The summed E-state index contributed by atoms with van der Waals surface area (Å²) in [5.74, 6) is 0.765. The number of rotatable bonds is 4. The monoisotopic (exact) mass is 310 g/mol. The molecule has 0 aromatic carbocycles. The molecule has 1 aromatic heterocycles. The predicted molar refractivity (Wildman–Crippen MR) is 83.7 cm³/mol. The van der Waals surface area contributed by atoms with E-state index >= 15 is 0 Å². The van der Waals surface area contributed by atoms with Crippen LogP contribution in [0.1, 0.15) is 32.1 Å². The topological polar surface area (TPSA) is 50.3 Å². The van der Waals surface area contributed by atoms with Gasteiger partial charge in [0.2, 0.25) is 0 Å². The van der Waals surface area contributed by atoms with Crippen LogP contribution in [0.2, 0.25) is 5.15 Å². The molecule has 1 aliphatic heterocycles. The molecule has 2 fully saturated rings. The van der Waals surface area contributed by atoms with E-state index < -0.39 is 0 Å². The third kappa shape index (κ3) is 3.65. The fraction of sp³-hybridized carbons (Fsp3) is 0.733. The summed E-state index contributed by atoms with van der Waals surface area (Å²) in [6.45, 7) is 4.66. The summed E-state index contributed by atoms with van der Waals surface area (Å²) in [7, 11) is 0. The normalized spacial score (nSPS) is 22.9. The van der Waals surface area contributed by atoms with Crippen molar-refractivity contribution in [3.05, 3.63) is 17.5 Å². The first kappa shape index (κ1) is 15.0. The van der Waals surface area contributed by atoms with E-state index in [-0.39, 0.29) is 5.54 Å². The average Bonchev–Trinajstić information content (AvgIpc) is 2.55. The minimum absolute atomic E-state index is 0.228. The van der Waals surface area contributed by atoms with Crippen molar-refractivity contribution in [2.45, 2.75) is 37.6 Å². The number of ether oxygens (including phenoxy) is 1. The zero-order valence-corrected chi connectivity index (χ0v) is 13.1. The van der Waals surface area contributed by atoms with Crippen LogP contribution < -0.4 is 5.32 Å². The maximum Gasteiger partial charge on any atom is 0.149 e. The Balaban J connectivity index is 1.69. The van der Waals surface area contributed by atoms with Crippen molar-refractivity contribution in [3.8, 4) is 0 Å². The second kappa shape index (κ2) is 6.90. The van der Waals surface area contributed by atoms with E-state index in [4.69, 9.17) is 16.3 Å². The molecular formula is C15H23ClN4O. The summed E-state index contributed by atoms with van der Waals surface area (Å²) in [5.41, 5.74) is 0.228. The quantitative estimate of drug-likeness (QED) is 0.926. The first-order chi connectivity index (χ1) is 10.3. The highest BCUT2D eigenvalue weighted by atomic mass is 35.5. The molecule has 1 aliphatic carbocycles. The number of anilines is 1. The van der Waals surface area contributed by atoms with E-state index in [2.05, 4.69) is 20.2 Å². The van der Waals surface area contributed by atoms with E-state index in [1.807, 2.05) is 0 Å². The van der Waals surface area contributed by atoms with Gasteiger partial charge >= 0.3 is 0 Å². The number of hydrogen-bond acceptors (Lipinski definition) is 5. The Labute approximate surface area is 131 Å². The number of halogens is 1. The molecule has 116 valence electrons. The second-order valence-corrected chi connectivity index (χ2v) is 6.35. The summed E-state index contributed by atoms with van der Waals surface area (Å²) in [6, 6.07) is 0. The average molecular weight is 311 g/mol. The zero-order valence-electron chi connectivity index (χ0n) is 12.4. The number of nitrogens with zero attached hydrogens (tertiary/aromatic N) is 3. The lowest BCUT2D eigenvalue weighted by Crippen LogP contribution is -2.58. The summed E-state index contributed by atoms with van der Waals surface area (Å²) in [6.07, 6.45) is 9.75. The van der Waals surface area contributed by atoms with Crippen molar-refractivity contribution >= 4 is 17.4 Å². The summed E-state index contributed by atoms with van der Waals surface area (Å²) in [4.78, 5) is 11.0. The van der Waals surface area contributed by atoms with E-state index in [1.54, 1.807) is 12.4 Å². The minimum Gasteiger partial charge on any atom is -0.379 e. The first-order valence-electron chi connectivity index (χ1n) is 7.83. The van der Waals surface area contributed by atoms with Gasteiger partial charge in [-0.1, -0.05) is 30.9 Å². The summed E-state index contributed by atoms with van der Waals surface area (Å²) >= 11 is 5.91. The smallest absolute Gasteiger partial charge is 0.149 e. The highest BCUT2D eigenvalue weighted by molar-refractivity contribution is 6.29. The second-order valence-electron chi connectivity index (χ2n) is 5.97. The molecule has 3 rings (SSSR count). The van der Waals surface area contributed by atoms with Crippen LogP contribution in [0.25, 0.3) is 0 Å². The highest BCUT2D eigenvalue weighted by Crippen LogP contribution is 2.34. The first-order valence-corrected chi connectivity index (χ1v) is 8.21. The third-order valence-corrected chi connectivity index (χ3v) is 4.85. The van der Waals surface area contributed by atoms with Crippen molar-refractivity contribution in [1.82, 2.24) is 14.9 Å². The Morgan fingerprint density at radius 1 is 1.19 bits per heavy atom. The molecule has 21 heavy (non-hydrogen) atoms. The van der Waals surface area contributed by atoms with Crippen LogP contribution in [-0.2, 0) is 4.74 Å². The Kier molecular flexibility index (Phi) is 4.93. The lowest BCUT2D eigenvalue weighted by Gasteiger charge is -2.48. The molecule has 0 unspecified atom stereocenters. The van der Waals surface area contributed by atoms with Crippen molar-refractivity contribution in [1.29, 1.82) is 0 Å². The molecule has 2 aliphatic rings. The minimum atomic E-state index is 0.228. The Hall–Kier alpha value is -0.910.